The van der Waals surface area contributed by atoms with Crippen molar-refractivity contribution >= 4 is 18.6 Å². The molecule has 0 amide bonds. The summed E-state index contributed by atoms with van der Waals surface area (Å²) in [6.07, 6.45) is 0. The molecule has 2 heterocycles. The number of aromatic nitrogens is 3. The number of fused-ring (bicyclic) bond motifs is 1. The number of nitrogens with zero attached hydrogens (tertiary/aromatic N) is 2. The molecule has 1 aliphatic rings. The van der Waals surface area contributed by atoms with E-state index in [1.165, 1.54) is 7.11 Å². The van der Waals surface area contributed by atoms with Gasteiger partial charge in [-0.3, -0.25) is 9.66 Å². The third-order valence-electron chi connectivity index (χ3n) is 4.13. The lowest BCUT2D eigenvalue weighted by Crippen LogP contribution is -1.93. The number of methoxy groups -OCH3 is 1. The van der Waals surface area contributed by atoms with Crippen molar-refractivity contribution in [3.05, 3.63) is 35.9 Å². The lowest BCUT2D eigenvalue weighted by Gasteiger charge is -2.10. The number of nitrogens with one attached hydrogen (secondary N) is 1. The number of H-pyrrole nitrogens is 1. The molecule has 0 saturated carbocycles. The van der Waals surface area contributed by atoms with Crippen molar-refractivity contribution in [2.75, 3.05) is 13.9 Å². The molecular weight excluding hydrogens is 389 g/mol. The molecule has 0 saturated heterocycles. The fraction of sp³-hybridized carbons (Fsp3) is 0.176. The van der Waals surface area contributed by atoms with Gasteiger partial charge in [0.2, 0.25) is 14.0 Å². The van der Waals surface area contributed by atoms with E-state index in [0.29, 0.717) is 27.8 Å². The van der Waals surface area contributed by atoms with Gasteiger partial charge in [-0.25, -0.2) is 0 Å². The standard InChI is InChI=1S/C17H16N3O5PS/c1-9-5-11(6-13-17(9)25-8-24-13)16-15(18-20-19-16)10-3-4-12(23-2)14(7-10)27-26(21)22/h3-7,26H,8H2,1-2H3,(H,21,22)(H,18,19,20). The van der Waals surface area contributed by atoms with E-state index < -0.39 is 7.23 Å². The predicted octanol–water partition coefficient (Wildman–Crippen LogP) is 3.66. The van der Waals surface area contributed by atoms with E-state index >= 15 is 0 Å². The van der Waals surface area contributed by atoms with E-state index in [1.807, 2.05) is 25.1 Å². The fourth-order valence-electron chi connectivity index (χ4n) is 2.96. The van der Waals surface area contributed by atoms with Crippen LogP contribution in [-0.2, 0) is 4.57 Å². The summed E-state index contributed by atoms with van der Waals surface area (Å²) in [6.45, 7) is 2.14. The number of hydrogen-bond acceptors (Lipinski definition) is 7. The van der Waals surface area contributed by atoms with Crippen molar-refractivity contribution in [1.29, 1.82) is 0 Å². The van der Waals surface area contributed by atoms with Crippen LogP contribution in [0.4, 0.5) is 0 Å². The number of aryl methyl sites for hydroxylation is 1. The highest BCUT2D eigenvalue weighted by molar-refractivity contribution is 8.50. The molecule has 1 aromatic heterocycles. The van der Waals surface area contributed by atoms with Crippen molar-refractivity contribution in [3.63, 3.8) is 0 Å². The average molecular weight is 405 g/mol. The summed E-state index contributed by atoms with van der Waals surface area (Å²) in [7, 11) is -1.24. The molecule has 0 spiro atoms. The van der Waals surface area contributed by atoms with Crippen LogP contribution in [0.15, 0.2) is 35.2 Å². The van der Waals surface area contributed by atoms with Gasteiger partial charge in [-0.1, -0.05) is 5.21 Å². The molecule has 1 unspecified atom stereocenters. The average Bonchev–Trinajstić information content (AvgIpc) is 3.30. The Labute approximate surface area is 159 Å². The molecular formula is C17H16N3O5PS. The van der Waals surface area contributed by atoms with Gasteiger partial charge in [0, 0.05) is 11.1 Å². The molecule has 2 N–H and O–H groups in total. The summed E-state index contributed by atoms with van der Waals surface area (Å²) in [5.41, 5.74) is 3.89. The number of hydrogen-bond donors (Lipinski definition) is 2. The molecule has 1 atom stereocenters. The minimum atomic E-state index is -2.76. The highest BCUT2D eigenvalue weighted by Gasteiger charge is 2.21. The van der Waals surface area contributed by atoms with Gasteiger partial charge in [-0.2, -0.15) is 0 Å². The van der Waals surface area contributed by atoms with E-state index in [0.717, 1.165) is 33.8 Å². The summed E-state index contributed by atoms with van der Waals surface area (Å²) in [4.78, 5) is 9.87. The molecule has 0 fully saturated rings. The number of rotatable bonds is 5. The number of ether oxygens (including phenoxy) is 3. The lowest BCUT2D eigenvalue weighted by molar-refractivity contribution is 0.173. The van der Waals surface area contributed by atoms with Gasteiger partial charge in [-0.05, 0) is 54.2 Å². The predicted molar refractivity (Wildman–Crippen MR) is 102 cm³/mol. The van der Waals surface area contributed by atoms with Crippen molar-refractivity contribution in [2.24, 2.45) is 0 Å². The van der Waals surface area contributed by atoms with Gasteiger partial charge in [0.25, 0.3) is 0 Å². The second-order valence-electron chi connectivity index (χ2n) is 5.80. The minimum absolute atomic E-state index is 0.199. The first-order chi connectivity index (χ1) is 13.1. The molecule has 3 aromatic rings. The normalized spacial score (nSPS) is 13.6. The van der Waals surface area contributed by atoms with Gasteiger partial charge in [-0.15, -0.1) is 5.10 Å². The van der Waals surface area contributed by atoms with Crippen LogP contribution in [0.25, 0.3) is 22.5 Å². The Morgan fingerprint density at radius 3 is 2.89 bits per heavy atom. The third-order valence-corrected chi connectivity index (χ3v) is 6.03. The maximum absolute atomic E-state index is 11.3. The third kappa shape index (κ3) is 3.41. The van der Waals surface area contributed by atoms with Gasteiger partial charge in [0.1, 0.15) is 11.4 Å². The Bertz CT molecular complexity index is 1040. The van der Waals surface area contributed by atoms with E-state index in [4.69, 9.17) is 14.2 Å². The van der Waals surface area contributed by atoms with Crippen LogP contribution in [-0.4, -0.2) is 34.2 Å². The highest BCUT2D eigenvalue weighted by atomic mass is 32.7. The second kappa shape index (κ2) is 7.26. The summed E-state index contributed by atoms with van der Waals surface area (Å²) in [5.74, 6) is 1.94. The second-order valence-corrected chi connectivity index (χ2v) is 8.63. The maximum Gasteiger partial charge on any atom is 0.248 e. The van der Waals surface area contributed by atoms with Crippen molar-refractivity contribution in [2.45, 2.75) is 11.8 Å². The molecule has 10 heteroatoms. The first kappa shape index (κ1) is 17.9. The van der Waals surface area contributed by atoms with Crippen LogP contribution in [0.2, 0.25) is 0 Å². The zero-order valence-electron chi connectivity index (χ0n) is 14.5. The monoisotopic (exact) mass is 405 g/mol. The van der Waals surface area contributed by atoms with Crippen LogP contribution < -0.4 is 14.2 Å². The summed E-state index contributed by atoms with van der Waals surface area (Å²) in [5, 5.41) is 11.1. The van der Waals surface area contributed by atoms with Crippen LogP contribution in [0.3, 0.4) is 0 Å². The number of benzene rings is 2. The quantitative estimate of drug-likeness (QED) is 0.620. The summed E-state index contributed by atoms with van der Waals surface area (Å²) < 4.78 is 27.5. The van der Waals surface area contributed by atoms with Crippen LogP contribution in [0.1, 0.15) is 5.56 Å². The van der Waals surface area contributed by atoms with E-state index in [1.54, 1.807) is 12.1 Å². The molecule has 4 rings (SSSR count). The largest absolute Gasteiger partial charge is 0.496 e. The molecule has 27 heavy (non-hydrogen) atoms. The Kier molecular flexibility index (Phi) is 4.82. The van der Waals surface area contributed by atoms with Gasteiger partial charge in [0.15, 0.2) is 11.5 Å². The zero-order chi connectivity index (χ0) is 19.0. The molecule has 0 radical (unpaired) electrons. The minimum Gasteiger partial charge on any atom is -0.496 e. The Hall–Kier alpha value is -2.48. The van der Waals surface area contributed by atoms with Gasteiger partial charge < -0.3 is 19.1 Å². The molecule has 0 aliphatic carbocycles. The Morgan fingerprint density at radius 1 is 1.26 bits per heavy atom. The molecule has 0 bridgehead atoms. The Balaban J connectivity index is 1.79. The van der Waals surface area contributed by atoms with E-state index in [-0.39, 0.29) is 6.79 Å². The van der Waals surface area contributed by atoms with Gasteiger partial charge >= 0.3 is 0 Å². The topological polar surface area (TPSA) is 107 Å². The fourth-order valence-corrected chi connectivity index (χ4v) is 4.63. The van der Waals surface area contributed by atoms with Crippen LogP contribution in [0, 0.1) is 6.92 Å². The summed E-state index contributed by atoms with van der Waals surface area (Å²) >= 11 is 0.867. The zero-order valence-corrected chi connectivity index (χ0v) is 16.3. The van der Waals surface area contributed by atoms with Crippen LogP contribution in [0.5, 0.6) is 17.2 Å². The van der Waals surface area contributed by atoms with E-state index in [9.17, 15) is 9.46 Å². The molecule has 8 nitrogen and oxygen atoms in total. The van der Waals surface area contributed by atoms with E-state index in [2.05, 4.69) is 15.4 Å². The molecule has 2 aromatic carbocycles. The van der Waals surface area contributed by atoms with Gasteiger partial charge in [0.05, 0.1) is 17.7 Å². The highest BCUT2D eigenvalue weighted by Crippen LogP contribution is 2.46. The molecule has 1 aliphatic heterocycles. The van der Waals surface area contributed by atoms with Crippen molar-refractivity contribution in [3.8, 4) is 39.8 Å². The molecule has 140 valence electrons. The number of aromatic amines is 1. The van der Waals surface area contributed by atoms with Crippen molar-refractivity contribution < 1.29 is 23.7 Å². The Morgan fingerprint density at radius 2 is 2.11 bits per heavy atom. The summed E-state index contributed by atoms with van der Waals surface area (Å²) in [6, 6.07) is 9.19. The SMILES string of the molecule is COc1ccc(-c2[nH]nnc2-c2cc(C)c3c(c2)OCO3)cc1S[PH](=O)O. The van der Waals surface area contributed by atoms with Crippen LogP contribution >= 0.6 is 18.6 Å². The smallest absolute Gasteiger partial charge is 0.248 e. The first-order valence-corrected chi connectivity index (χ1v) is 10.9. The maximum atomic E-state index is 11.3. The van der Waals surface area contributed by atoms with Crippen molar-refractivity contribution in [1.82, 2.24) is 15.4 Å². The first-order valence-electron chi connectivity index (χ1n) is 7.97. The lowest BCUT2D eigenvalue weighted by atomic mass is 10.0.